The number of carbonyl (C=O) groups excluding carboxylic acids is 1. The van der Waals surface area contributed by atoms with E-state index < -0.39 is 17.8 Å². The number of ether oxygens (including phenoxy) is 3. The van der Waals surface area contributed by atoms with Crippen molar-refractivity contribution in [2.45, 2.75) is 13.0 Å². The highest BCUT2D eigenvalue weighted by Crippen LogP contribution is 2.41. The summed E-state index contributed by atoms with van der Waals surface area (Å²) in [5.74, 6) is 0.395. The van der Waals surface area contributed by atoms with Crippen LogP contribution >= 0.6 is 23.2 Å². The predicted molar refractivity (Wildman–Crippen MR) is 110 cm³/mol. The van der Waals surface area contributed by atoms with E-state index in [0.717, 1.165) is 0 Å². The van der Waals surface area contributed by atoms with E-state index in [4.69, 9.17) is 37.4 Å². The Morgan fingerprint density at radius 3 is 2.34 bits per heavy atom. The lowest BCUT2D eigenvalue weighted by atomic mass is 10.1. The third kappa shape index (κ3) is 3.93. The number of fused-ring (bicyclic) bond motifs is 1. The van der Waals surface area contributed by atoms with Gasteiger partial charge in [-0.05, 0) is 30.7 Å². The molecular formula is C20H19Cl2FN2O4. The molecule has 1 unspecified atom stereocenters. The summed E-state index contributed by atoms with van der Waals surface area (Å²) in [6, 6.07) is 5.27. The van der Waals surface area contributed by atoms with Crippen LogP contribution in [0.2, 0.25) is 10.0 Å². The van der Waals surface area contributed by atoms with Crippen LogP contribution in [0, 0.1) is 5.82 Å². The van der Waals surface area contributed by atoms with Gasteiger partial charge in [0.1, 0.15) is 17.3 Å². The van der Waals surface area contributed by atoms with Crippen LogP contribution in [0.5, 0.6) is 17.2 Å². The molecule has 1 amide bonds. The maximum absolute atomic E-state index is 13.8. The average Bonchev–Trinajstić information content (AvgIpc) is 3.14. The van der Waals surface area contributed by atoms with Crippen molar-refractivity contribution in [1.29, 1.82) is 0 Å². The van der Waals surface area contributed by atoms with Crippen LogP contribution in [-0.2, 0) is 0 Å². The lowest BCUT2D eigenvalue weighted by Gasteiger charge is -2.16. The van der Waals surface area contributed by atoms with Gasteiger partial charge < -0.3 is 24.5 Å². The van der Waals surface area contributed by atoms with Gasteiger partial charge in [0, 0.05) is 16.5 Å². The molecule has 9 heteroatoms. The first-order valence-corrected chi connectivity index (χ1v) is 9.33. The third-order valence-corrected chi connectivity index (χ3v) is 5.16. The number of nitrogens with one attached hydrogen (secondary N) is 2. The highest BCUT2D eigenvalue weighted by atomic mass is 35.5. The number of hydrogen-bond donors (Lipinski definition) is 2. The quantitative estimate of drug-likeness (QED) is 0.521. The van der Waals surface area contributed by atoms with Gasteiger partial charge in [0.05, 0.1) is 37.9 Å². The van der Waals surface area contributed by atoms with Gasteiger partial charge in [-0.3, -0.25) is 4.79 Å². The zero-order valence-electron chi connectivity index (χ0n) is 16.2. The SMILES string of the molecule is COc1cc(OC)c2cc(C(=O)NC(C)c3cc(F)c(Cl)cc3Cl)[nH]c2c1OC. The molecule has 2 N–H and O–H groups in total. The van der Waals surface area contributed by atoms with Gasteiger partial charge in [-0.25, -0.2) is 4.39 Å². The molecule has 0 saturated carbocycles. The number of carbonyl (C=O) groups is 1. The number of rotatable bonds is 6. The first-order valence-electron chi connectivity index (χ1n) is 8.57. The fourth-order valence-electron chi connectivity index (χ4n) is 3.08. The number of methoxy groups -OCH3 is 3. The van der Waals surface area contributed by atoms with Gasteiger partial charge in [0.25, 0.3) is 5.91 Å². The van der Waals surface area contributed by atoms with Crippen molar-refractivity contribution in [1.82, 2.24) is 10.3 Å². The summed E-state index contributed by atoms with van der Waals surface area (Å²) in [6.45, 7) is 1.69. The van der Waals surface area contributed by atoms with E-state index in [9.17, 15) is 9.18 Å². The molecule has 3 aromatic rings. The molecule has 2 aromatic carbocycles. The van der Waals surface area contributed by atoms with Gasteiger partial charge in [-0.2, -0.15) is 0 Å². The first kappa shape index (κ1) is 21.1. The number of hydrogen-bond acceptors (Lipinski definition) is 4. The molecule has 0 saturated heterocycles. The zero-order chi connectivity index (χ0) is 21.3. The highest BCUT2D eigenvalue weighted by molar-refractivity contribution is 6.35. The Bertz CT molecular complexity index is 1080. The molecule has 0 aliphatic rings. The number of H-pyrrole nitrogens is 1. The Morgan fingerprint density at radius 1 is 1.03 bits per heavy atom. The normalized spacial score (nSPS) is 12.0. The largest absolute Gasteiger partial charge is 0.496 e. The Balaban J connectivity index is 1.96. The van der Waals surface area contributed by atoms with E-state index in [0.29, 0.717) is 33.7 Å². The number of benzene rings is 2. The summed E-state index contributed by atoms with van der Waals surface area (Å²) >= 11 is 11.9. The smallest absolute Gasteiger partial charge is 0.268 e. The maximum Gasteiger partial charge on any atom is 0.268 e. The predicted octanol–water partition coefficient (Wildman–Crippen LogP) is 5.13. The van der Waals surface area contributed by atoms with Crippen molar-refractivity contribution >= 4 is 40.0 Å². The minimum absolute atomic E-state index is 0.0824. The van der Waals surface area contributed by atoms with Gasteiger partial charge in [0.15, 0.2) is 11.5 Å². The van der Waals surface area contributed by atoms with Crippen LogP contribution in [-0.4, -0.2) is 32.2 Å². The topological polar surface area (TPSA) is 72.6 Å². The number of aromatic amines is 1. The summed E-state index contributed by atoms with van der Waals surface area (Å²) in [7, 11) is 4.53. The monoisotopic (exact) mass is 440 g/mol. The van der Waals surface area contributed by atoms with Crippen molar-refractivity contribution in [3.63, 3.8) is 0 Å². The van der Waals surface area contributed by atoms with E-state index in [1.165, 1.54) is 33.5 Å². The van der Waals surface area contributed by atoms with E-state index in [2.05, 4.69) is 10.3 Å². The maximum atomic E-state index is 13.8. The fraction of sp³-hybridized carbons (Fsp3) is 0.250. The van der Waals surface area contributed by atoms with E-state index >= 15 is 0 Å². The molecule has 6 nitrogen and oxygen atoms in total. The van der Waals surface area contributed by atoms with Gasteiger partial charge in [-0.15, -0.1) is 0 Å². The zero-order valence-corrected chi connectivity index (χ0v) is 17.7. The molecular weight excluding hydrogens is 422 g/mol. The highest BCUT2D eigenvalue weighted by Gasteiger charge is 2.21. The summed E-state index contributed by atoms with van der Waals surface area (Å²) in [5.41, 5.74) is 1.23. The molecule has 1 heterocycles. The lowest BCUT2D eigenvalue weighted by molar-refractivity contribution is 0.0935. The summed E-state index contributed by atoms with van der Waals surface area (Å²) < 4.78 is 29.9. The van der Waals surface area contributed by atoms with Gasteiger partial charge >= 0.3 is 0 Å². The van der Waals surface area contributed by atoms with Gasteiger partial charge in [-0.1, -0.05) is 23.2 Å². The number of aromatic nitrogens is 1. The second-order valence-corrected chi connectivity index (χ2v) is 7.08. The summed E-state index contributed by atoms with van der Waals surface area (Å²) in [4.78, 5) is 15.8. The van der Waals surface area contributed by atoms with Crippen molar-refractivity contribution in [2.75, 3.05) is 21.3 Å². The van der Waals surface area contributed by atoms with Crippen LogP contribution in [0.3, 0.4) is 0 Å². The fourth-order valence-corrected chi connectivity index (χ4v) is 3.63. The van der Waals surface area contributed by atoms with Gasteiger partial charge in [0.2, 0.25) is 0 Å². The van der Waals surface area contributed by atoms with E-state index in [1.54, 1.807) is 19.1 Å². The molecule has 0 aliphatic carbocycles. The molecule has 0 bridgehead atoms. The molecule has 1 aromatic heterocycles. The van der Waals surface area contributed by atoms with Crippen LogP contribution in [0.4, 0.5) is 4.39 Å². The third-order valence-electron chi connectivity index (χ3n) is 4.54. The number of amides is 1. The van der Waals surface area contributed by atoms with Crippen molar-refractivity contribution in [3.8, 4) is 17.2 Å². The molecule has 29 heavy (non-hydrogen) atoms. The summed E-state index contributed by atoms with van der Waals surface area (Å²) in [5, 5.41) is 3.61. The van der Waals surface area contributed by atoms with E-state index in [1.807, 2.05) is 0 Å². The Morgan fingerprint density at radius 2 is 1.72 bits per heavy atom. The minimum atomic E-state index is -0.612. The van der Waals surface area contributed by atoms with Crippen LogP contribution in [0.25, 0.3) is 10.9 Å². The van der Waals surface area contributed by atoms with Crippen molar-refractivity contribution in [3.05, 3.63) is 51.4 Å². The minimum Gasteiger partial charge on any atom is -0.496 e. The molecule has 0 fully saturated rings. The first-order chi connectivity index (χ1) is 13.8. The molecule has 3 rings (SSSR count). The lowest BCUT2D eigenvalue weighted by Crippen LogP contribution is -2.27. The van der Waals surface area contributed by atoms with Crippen LogP contribution in [0.1, 0.15) is 29.0 Å². The molecule has 0 spiro atoms. The average molecular weight is 441 g/mol. The Hall–Kier alpha value is -2.64. The Labute approximate surface area is 176 Å². The van der Waals surface area contributed by atoms with Crippen molar-refractivity contribution < 1.29 is 23.4 Å². The Kier molecular flexibility index (Phi) is 6.10. The standard InChI is InChI=1S/C20H19Cl2FN2O4/c1-9(10-5-14(23)13(22)7-12(10)21)24-20(26)15-6-11-16(27-2)8-17(28-3)19(29-4)18(11)25-15/h5-9,25H,1-4H3,(H,24,26). The van der Waals surface area contributed by atoms with Crippen LogP contribution in [0.15, 0.2) is 24.3 Å². The van der Waals surface area contributed by atoms with Crippen LogP contribution < -0.4 is 19.5 Å². The number of halogens is 3. The van der Waals surface area contributed by atoms with E-state index in [-0.39, 0.29) is 15.7 Å². The van der Waals surface area contributed by atoms with Crippen molar-refractivity contribution in [2.24, 2.45) is 0 Å². The second kappa shape index (κ2) is 8.39. The molecule has 1 atom stereocenters. The molecule has 0 aliphatic heterocycles. The second-order valence-electron chi connectivity index (χ2n) is 6.27. The molecule has 0 radical (unpaired) electrons. The molecule has 154 valence electrons. The summed E-state index contributed by atoms with van der Waals surface area (Å²) in [6.07, 6.45) is 0.